The van der Waals surface area contributed by atoms with Gasteiger partial charge in [-0.25, -0.2) is 9.97 Å². The maximum Gasteiger partial charge on any atom is 0.165 e. The molecule has 7 heteroatoms. The summed E-state index contributed by atoms with van der Waals surface area (Å²) in [5.74, 6) is 0.731. The van der Waals surface area contributed by atoms with Crippen molar-refractivity contribution in [2.45, 2.75) is 19.8 Å². The average Bonchev–Trinajstić information content (AvgIpc) is 4.18. The lowest BCUT2D eigenvalue weighted by molar-refractivity contribution is 0.920. The highest BCUT2D eigenvalue weighted by Crippen LogP contribution is 2.51. The minimum atomic E-state index is 0.731. The molecule has 0 aliphatic carbocycles. The number of aromatic nitrogens is 6. The molecule has 0 amide bonds. The topological polar surface area (TPSA) is 61.4 Å². The van der Waals surface area contributed by atoms with Gasteiger partial charge in [0.2, 0.25) is 0 Å². The molecule has 0 bridgehead atoms. The van der Waals surface area contributed by atoms with Crippen molar-refractivity contribution in [1.29, 1.82) is 0 Å². The largest absolute Gasteiger partial charge is 0.292 e. The van der Waals surface area contributed by atoms with Gasteiger partial charge in [-0.15, -0.1) is 11.3 Å². The van der Waals surface area contributed by atoms with Crippen molar-refractivity contribution in [3.8, 4) is 67.7 Å². The minimum Gasteiger partial charge on any atom is -0.292 e. The van der Waals surface area contributed by atoms with Gasteiger partial charge >= 0.3 is 0 Å². The summed E-state index contributed by atoms with van der Waals surface area (Å²) in [6.45, 7) is 2.23. The Labute approximate surface area is 442 Å². The van der Waals surface area contributed by atoms with Crippen LogP contribution in [0.3, 0.4) is 0 Å². The molecule has 76 heavy (non-hydrogen) atoms. The van der Waals surface area contributed by atoms with Crippen LogP contribution in [0.15, 0.2) is 237 Å². The van der Waals surface area contributed by atoms with E-state index >= 15 is 0 Å². The van der Waals surface area contributed by atoms with Crippen LogP contribution in [0.25, 0.3) is 142 Å². The fourth-order valence-electron chi connectivity index (χ4n) is 11.8. The number of fused-ring (bicyclic) bond motifs is 13. The fourth-order valence-corrected chi connectivity index (χ4v) is 13.2. The third-order valence-corrected chi connectivity index (χ3v) is 16.3. The van der Waals surface area contributed by atoms with Crippen molar-refractivity contribution in [3.63, 3.8) is 0 Å². The molecule has 0 fully saturated rings. The number of para-hydroxylation sites is 1. The first-order valence-corrected chi connectivity index (χ1v) is 26.8. The second-order valence-corrected chi connectivity index (χ2v) is 20.6. The van der Waals surface area contributed by atoms with Crippen LogP contribution in [0.5, 0.6) is 0 Å². The van der Waals surface area contributed by atoms with Gasteiger partial charge in [-0.2, -0.15) is 0 Å². The molecular weight excluding hydrogens is 945 g/mol. The first-order valence-electron chi connectivity index (χ1n) is 26.0. The molecule has 15 rings (SSSR count). The summed E-state index contributed by atoms with van der Waals surface area (Å²) in [6.07, 6.45) is 5.79. The number of benzene rings is 9. The first kappa shape index (κ1) is 44.0. The zero-order valence-electron chi connectivity index (χ0n) is 41.5. The molecule has 0 aliphatic heterocycles. The van der Waals surface area contributed by atoms with Crippen molar-refractivity contribution < 1.29 is 0 Å². The number of pyridine rings is 2. The molecule has 0 saturated carbocycles. The predicted octanol–water partition coefficient (Wildman–Crippen LogP) is 18.3. The minimum absolute atomic E-state index is 0.731. The summed E-state index contributed by atoms with van der Waals surface area (Å²) in [7, 11) is 0. The number of hydrogen-bond donors (Lipinski definition) is 0. The molecule has 6 aromatic heterocycles. The zero-order valence-corrected chi connectivity index (χ0v) is 42.3. The van der Waals surface area contributed by atoms with Crippen molar-refractivity contribution >= 4 is 86.0 Å². The van der Waals surface area contributed by atoms with Gasteiger partial charge in [-0.05, 0) is 105 Å². The lowest BCUT2D eigenvalue weighted by atomic mass is 9.97. The molecule has 15 aromatic rings. The van der Waals surface area contributed by atoms with E-state index in [2.05, 4.69) is 216 Å². The van der Waals surface area contributed by atoms with Crippen molar-refractivity contribution in [2.75, 3.05) is 0 Å². The van der Waals surface area contributed by atoms with E-state index in [1.165, 1.54) is 52.7 Å². The van der Waals surface area contributed by atoms with E-state index in [0.29, 0.717) is 0 Å². The molecule has 0 N–H and O–H groups in total. The van der Waals surface area contributed by atoms with E-state index in [-0.39, 0.29) is 0 Å². The average molecular weight is 991 g/mol. The molecule has 0 aliphatic rings. The lowest BCUT2D eigenvalue weighted by Gasteiger charge is -2.17. The van der Waals surface area contributed by atoms with Gasteiger partial charge in [-0.3, -0.25) is 19.1 Å². The number of thiophene rings is 1. The standard InChI is InChI=1S/C69H46N6S/c1-2-19-43-32-35-50(36-33-43)74-64(46-23-7-4-8-24-46)59(45-21-5-3-6-22-45)63-69(74)72-62(49-41-47(56-29-15-17-38-70-56)40-48(42-49)57-30-16-18-39-71-57)68(73-63)75-58-31-14-13-28-54(58)60-52-26-11-12-27-53(52)61-55-37-34-44-20-9-10-25-51(44)66(55)76-67(61)65(60)75/h3-18,20-42H,2,19H2,1H3. The smallest absolute Gasteiger partial charge is 0.165 e. The highest BCUT2D eigenvalue weighted by molar-refractivity contribution is 7.27. The molecule has 0 spiro atoms. The highest BCUT2D eigenvalue weighted by atomic mass is 32.1. The van der Waals surface area contributed by atoms with Crippen LogP contribution >= 0.6 is 11.3 Å². The summed E-state index contributed by atoms with van der Waals surface area (Å²) in [6, 6.07) is 80.6. The third-order valence-electron chi connectivity index (χ3n) is 15.1. The summed E-state index contributed by atoms with van der Waals surface area (Å²) < 4.78 is 7.27. The number of aryl methyl sites for hydroxylation is 1. The lowest BCUT2D eigenvalue weighted by Crippen LogP contribution is -2.06. The van der Waals surface area contributed by atoms with E-state index in [4.69, 9.17) is 19.9 Å². The van der Waals surface area contributed by atoms with Crippen LogP contribution in [0.1, 0.15) is 18.9 Å². The molecule has 6 nitrogen and oxygen atoms in total. The molecule has 0 saturated heterocycles. The molecule has 358 valence electrons. The Morgan fingerprint density at radius 1 is 0.447 bits per heavy atom. The molecule has 6 heterocycles. The Morgan fingerprint density at radius 3 is 1.74 bits per heavy atom. The second-order valence-electron chi connectivity index (χ2n) is 19.6. The predicted molar refractivity (Wildman–Crippen MR) is 318 cm³/mol. The van der Waals surface area contributed by atoms with Gasteiger partial charge in [0.1, 0.15) is 11.2 Å². The van der Waals surface area contributed by atoms with Gasteiger partial charge in [0, 0.05) is 66.6 Å². The van der Waals surface area contributed by atoms with Crippen LogP contribution < -0.4 is 0 Å². The Kier molecular flexibility index (Phi) is 10.3. The Balaban J connectivity index is 1.17. The molecule has 0 radical (unpaired) electrons. The second kappa shape index (κ2) is 17.8. The zero-order chi connectivity index (χ0) is 50.3. The van der Waals surface area contributed by atoms with E-state index in [1.54, 1.807) is 0 Å². The van der Waals surface area contributed by atoms with E-state index in [0.717, 1.165) is 108 Å². The van der Waals surface area contributed by atoms with Crippen LogP contribution in [0, 0.1) is 0 Å². The summed E-state index contributed by atoms with van der Waals surface area (Å²) in [5.41, 5.74) is 15.4. The molecule has 0 atom stereocenters. The highest BCUT2D eigenvalue weighted by Gasteiger charge is 2.30. The third kappa shape index (κ3) is 6.93. The molecule has 9 aromatic carbocycles. The fraction of sp³-hybridized carbons (Fsp3) is 0.0435. The van der Waals surface area contributed by atoms with E-state index < -0.39 is 0 Å². The van der Waals surface area contributed by atoms with Crippen LogP contribution in [-0.2, 0) is 6.42 Å². The Bertz CT molecular complexity index is 4680. The monoisotopic (exact) mass is 990 g/mol. The van der Waals surface area contributed by atoms with E-state index in [9.17, 15) is 0 Å². The summed E-state index contributed by atoms with van der Waals surface area (Å²) in [4.78, 5) is 22.2. The number of rotatable bonds is 9. The maximum absolute atomic E-state index is 6.20. The van der Waals surface area contributed by atoms with Gasteiger partial charge in [0.25, 0.3) is 0 Å². The summed E-state index contributed by atoms with van der Waals surface area (Å²) in [5, 5.41) is 9.76. The van der Waals surface area contributed by atoms with Gasteiger partial charge < -0.3 is 0 Å². The quantitative estimate of drug-likeness (QED) is 0.145. The SMILES string of the molecule is CCCc1ccc(-n2c(-c3ccccc3)c(-c3ccccc3)c3nc(-n4c5ccccc5c5c6ccccc6c6c7ccc8ccccc8c7sc6c54)c(-c4cc(-c5ccccn5)cc(-c5ccccn5)c4)nc32)cc1. The van der Waals surface area contributed by atoms with E-state index in [1.807, 2.05) is 48.0 Å². The number of hydrogen-bond acceptors (Lipinski definition) is 5. The van der Waals surface area contributed by atoms with Crippen molar-refractivity contribution in [1.82, 2.24) is 29.1 Å². The Hall–Kier alpha value is -9.56. The maximum atomic E-state index is 6.20. The van der Waals surface area contributed by atoms with Crippen LogP contribution in [0.2, 0.25) is 0 Å². The first-order chi connectivity index (χ1) is 37.7. The summed E-state index contributed by atoms with van der Waals surface area (Å²) >= 11 is 1.88. The molecular formula is C69H46N6S. The Morgan fingerprint density at radius 2 is 1.05 bits per heavy atom. The van der Waals surface area contributed by atoms with Gasteiger partial charge in [0.05, 0.1) is 32.8 Å². The number of nitrogens with zero attached hydrogens (tertiary/aromatic N) is 6. The van der Waals surface area contributed by atoms with Gasteiger partial charge in [-0.1, -0.05) is 177 Å². The molecule has 0 unspecified atom stereocenters. The normalized spacial score (nSPS) is 11.9. The van der Waals surface area contributed by atoms with Crippen molar-refractivity contribution in [2.24, 2.45) is 0 Å². The van der Waals surface area contributed by atoms with Crippen LogP contribution in [-0.4, -0.2) is 29.1 Å². The van der Waals surface area contributed by atoms with Gasteiger partial charge in [0.15, 0.2) is 11.5 Å². The van der Waals surface area contributed by atoms with Crippen LogP contribution in [0.4, 0.5) is 0 Å². The van der Waals surface area contributed by atoms with Crippen molar-refractivity contribution in [3.05, 3.63) is 242 Å².